The molecule has 104 valence electrons. The van der Waals surface area contributed by atoms with Gasteiger partial charge in [0.25, 0.3) is 0 Å². The van der Waals surface area contributed by atoms with E-state index in [1.807, 2.05) is 72.5 Å². The Balaban J connectivity index is 2.22. The number of rotatable bonds is 5. The first kappa shape index (κ1) is 14.3. The highest BCUT2D eigenvalue weighted by atomic mass is 16.2. The summed E-state index contributed by atoms with van der Waals surface area (Å²) in [5, 5.41) is 0. The van der Waals surface area contributed by atoms with Crippen LogP contribution in [0, 0.1) is 0 Å². The van der Waals surface area contributed by atoms with Crippen molar-refractivity contribution in [2.75, 3.05) is 6.54 Å². The van der Waals surface area contributed by atoms with Crippen LogP contribution >= 0.6 is 0 Å². The fourth-order valence-corrected chi connectivity index (χ4v) is 2.25. The lowest BCUT2D eigenvalue weighted by molar-refractivity contribution is -0.132. The van der Waals surface area contributed by atoms with E-state index in [1.165, 1.54) is 0 Å². The molecule has 0 aliphatic rings. The third kappa shape index (κ3) is 3.45. The Hall–Kier alpha value is -2.13. The first-order valence-corrected chi connectivity index (χ1v) is 6.80. The van der Waals surface area contributed by atoms with E-state index in [9.17, 15) is 4.79 Å². The number of carbonyl (C=O) groups is 1. The van der Waals surface area contributed by atoms with Crippen LogP contribution in [0.25, 0.3) is 0 Å². The topological polar surface area (TPSA) is 46.3 Å². The number of hydrogen-bond acceptors (Lipinski definition) is 2. The Morgan fingerprint density at radius 1 is 1.05 bits per heavy atom. The van der Waals surface area contributed by atoms with Crippen molar-refractivity contribution in [2.24, 2.45) is 5.73 Å². The van der Waals surface area contributed by atoms with Gasteiger partial charge in [-0.15, -0.1) is 0 Å². The van der Waals surface area contributed by atoms with Crippen LogP contribution in [0.4, 0.5) is 0 Å². The van der Waals surface area contributed by atoms with Gasteiger partial charge >= 0.3 is 0 Å². The molecular weight excluding hydrogens is 248 g/mol. The average molecular weight is 268 g/mol. The minimum absolute atomic E-state index is 0.00690. The summed E-state index contributed by atoms with van der Waals surface area (Å²) in [4.78, 5) is 14.0. The molecule has 0 aliphatic heterocycles. The number of carbonyl (C=O) groups excluding carboxylic acids is 1. The van der Waals surface area contributed by atoms with Crippen molar-refractivity contribution in [3.05, 3.63) is 71.8 Å². The Labute approximate surface area is 120 Å². The largest absolute Gasteiger partial charge is 0.331 e. The summed E-state index contributed by atoms with van der Waals surface area (Å²) in [7, 11) is 0. The molecule has 3 heteroatoms. The second-order valence-electron chi connectivity index (χ2n) is 4.80. The quantitative estimate of drug-likeness (QED) is 0.906. The van der Waals surface area contributed by atoms with Gasteiger partial charge in [0.2, 0.25) is 5.91 Å². The van der Waals surface area contributed by atoms with Crippen molar-refractivity contribution in [3.63, 3.8) is 0 Å². The molecule has 0 aliphatic carbocycles. The number of hydrogen-bond donors (Lipinski definition) is 1. The fraction of sp³-hybridized carbons (Fsp3) is 0.235. The molecule has 0 aromatic heterocycles. The molecule has 1 atom stereocenters. The molecule has 0 fully saturated rings. The minimum atomic E-state index is -0.0368. The summed E-state index contributed by atoms with van der Waals surface area (Å²) >= 11 is 0. The minimum Gasteiger partial charge on any atom is -0.331 e. The van der Waals surface area contributed by atoms with Gasteiger partial charge < -0.3 is 10.6 Å². The molecule has 0 radical (unpaired) electrons. The molecule has 0 bridgehead atoms. The summed E-state index contributed by atoms with van der Waals surface area (Å²) in [5.41, 5.74) is 7.78. The maximum absolute atomic E-state index is 12.1. The van der Waals surface area contributed by atoms with Gasteiger partial charge in [0.15, 0.2) is 0 Å². The molecule has 0 unspecified atom stereocenters. The second kappa shape index (κ2) is 6.87. The summed E-state index contributed by atoms with van der Waals surface area (Å²) < 4.78 is 0. The molecule has 3 nitrogen and oxygen atoms in total. The third-order valence-electron chi connectivity index (χ3n) is 3.44. The van der Waals surface area contributed by atoms with Crippen LogP contribution < -0.4 is 5.73 Å². The molecule has 1 amide bonds. The van der Waals surface area contributed by atoms with Crippen LogP contribution in [0.2, 0.25) is 0 Å². The zero-order valence-electron chi connectivity index (χ0n) is 11.7. The molecular formula is C17H20N2O. The van der Waals surface area contributed by atoms with E-state index in [1.54, 1.807) is 0 Å². The standard InChI is InChI=1S/C17H20N2O/c1-14(16-10-6-3-7-11-16)19(17(20)12-18)13-15-8-4-2-5-9-15/h2-11,14H,12-13,18H2,1H3/t14-/m0/s1. The predicted octanol–water partition coefficient (Wildman–Crippen LogP) is 2.74. The summed E-state index contributed by atoms with van der Waals surface area (Å²) in [6.07, 6.45) is 0. The van der Waals surface area contributed by atoms with Gasteiger partial charge in [0, 0.05) is 6.54 Å². The number of nitrogens with two attached hydrogens (primary N) is 1. The van der Waals surface area contributed by atoms with E-state index < -0.39 is 0 Å². The van der Waals surface area contributed by atoms with Crippen LogP contribution in [0.5, 0.6) is 0 Å². The van der Waals surface area contributed by atoms with Gasteiger partial charge in [-0.2, -0.15) is 0 Å². The second-order valence-corrected chi connectivity index (χ2v) is 4.80. The number of amides is 1. The van der Waals surface area contributed by atoms with Gasteiger partial charge in [-0.3, -0.25) is 4.79 Å². The van der Waals surface area contributed by atoms with Gasteiger partial charge in [-0.1, -0.05) is 60.7 Å². The van der Waals surface area contributed by atoms with E-state index >= 15 is 0 Å². The van der Waals surface area contributed by atoms with E-state index in [4.69, 9.17) is 5.73 Å². The van der Waals surface area contributed by atoms with Crippen LogP contribution in [0.1, 0.15) is 24.1 Å². The first-order chi connectivity index (χ1) is 9.72. The molecule has 2 aromatic rings. The molecule has 0 spiro atoms. The molecule has 0 saturated heterocycles. The van der Waals surface area contributed by atoms with Crippen LogP contribution in [-0.4, -0.2) is 17.4 Å². The maximum Gasteiger partial charge on any atom is 0.237 e. The fourth-order valence-electron chi connectivity index (χ4n) is 2.25. The first-order valence-electron chi connectivity index (χ1n) is 6.80. The highest BCUT2D eigenvalue weighted by Gasteiger charge is 2.20. The van der Waals surface area contributed by atoms with Crippen molar-refractivity contribution in [1.82, 2.24) is 4.90 Å². The Morgan fingerprint density at radius 2 is 1.60 bits per heavy atom. The normalized spacial score (nSPS) is 11.9. The maximum atomic E-state index is 12.1. The van der Waals surface area contributed by atoms with Crippen molar-refractivity contribution in [2.45, 2.75) is 19.5 Å². The molecule has 2 aromatic carbocycles. The monoisotopic (exact) mass is 268 g/mol. The highest BCUT2D eigenvalue weighted by molar-refractivity contribution is 5.78. The summed E-state index contributed by atoms with van der Waals surface area (Å²) in [5.74, 6) is -0.0368. The van der Waals surface area contributed by atoms with Crippen LogP contribution in [0.15, 0.2) is 60.7 Å². The Bertz CT molecular complexity index is 539. The third-order valence-corrected chi connectivity index (χ3v) is 3.44. The van der Waals surface area contributed by atoms with Crippen molar-refractivity contribution in [1.29, 1.82) is 0 Å². The zero-order chi connectivity index (χ0) is 14.4. The van der Waals surface area contributed by atoms with E-state index in [-0.39, 0.29) is 18.5 Å². The molecule has 20 heavy (non-hydrogen) atoms. The SMILES string of the molecule is C[C@@H](c1ccccc1)N(Cc1ccccc1)C(=O)CN. The van der Waals surface area contributed by atoms with Crippen LogP contribution in [-0.2, 0) is 11.3 Å². The molecule has 2 N–H and O–H groups in total. The molecule has 0 heterocycles. The van der Waals surface area contributed by atoms with Gasteiger partial charge in [-0.25, -0.2) is 0 Å². The smallest absolute Gasteiger partial charge is 0.237 e. The lowest BCUT2D eigenvalue weighted by Crippen LogP contribution is -2.37. The van der Waals surface area contributed by atoms with E-state index in [0.717, 1.165) is 11.1 Å². The number of benzene rings is 2. The zero-order valence-corrected chi connectivity index (χ0v) is 11.7. The average Bonchev–Trinajstić information content (AvgIpc) is 2.53. The van der Waals surface area contributed by atoms with Crippen molar-refractivity contribution in [3.8, 4) is 0 Å². The van der Waals surface area contributed by atoms with Crippen molar-refractivity contribution >= 4 is 5.91 Å². The van der Waals surface area contributed by atoms with Gasteiger partial charge in [-0.05, 0) is 18.1 Å². The summed E-state index contributed by atoms with van der Waals surface area (Å²) in [6, 6.07) is 20.0. The summed E-state index contributed by atoms with van der Waals surface area (Å²) in [6.45, 7) is 2.64. The van der Waals surface area contributed by atoms with Crippen molar-refractivity contribution < 1.29 is 4.79 Å². The highest BCUT2D eigenvalue weighted by Crippen LogP contribution is 2.22. The Morgan fingerprint density at radius 3 is 2.15 bits per heavy atom. The van der Waals surface area contributed by atoms with Crippen LogP contribution in [0.3, 0.4) is 0 Å². The van der Waals surface area contributed by atoms with Gasteiger partial charge in [0.05, 0.1) is 12.6 Å². The molecule has 0 saturated carbocycles. The lowest BCUT2D eigenvalue weighted by Gasteiger charge is -2.29. The van der Waals surface area contributed by atoms with Gasteiger partial charge in [0.1, 0.15) is 0 Å². The predicted molar refractivity (Wildman–Crippen MR) is 80.9 cm³/mol. The Kier molecular flexibility index (Phi) is 4.91. The lowest BCUT2D eigenvalue weighted by atomic mass is 10.1. The molecule has 2 rings (SSSR count). The van der Waals surface area contributed by atoms with E-state index in [2.05, 4.69) is 0 Å². The van der Waals surface area contributed by atoms with E-state index in [0.29, 0.717) is 6.54 Å². The number of nitrogens with zero attached hydrogens (tertiary/aromatic N) is 1.